The summed E-state index contributed by atoms with van der Waals surface area (Å²) in [5, 5.41) is 21.3. The van der Waals surface area contributed by atoms with Crippen LogP contribution in [0.15, 0.2) is 63.1 Å². The Morgan fingerprint density at radius 3 is 2.74 bits per heavy atom. The van der Waals surface area contributed by atoms with E-state index in [9.17, 15) is 13.5 Å². The first-order valence-corrected chi connectivity index (χ1v) is 11.6. The maximum Gasteiger partial charge on any atom is 0.217 e. The highest BCUT2D eigenvalue weighted by atomic mass is 32.2. The quantitative estimate of drug-likeness (QED) is 0.479. The van der Waals surface area contributed by atoms with Gasteiger partial charge in [-0.3, -0.25) is 0 Å². The van der Waals surface area contributed by atoms with Gasteiger partial charge in [0.05, 0.1) is 0 Å². The molecule has 6 nitrogen and oxygen atoms in total. The first-order chi connectivity index (χ1) is 13.0. The molecule has 3 aromatic heterocycles. The van der Waals surface area contributed by atoms with E-state index in [-0.39, 0.29) is 12.3 Å². The number of hydrogen-bond acceptors (Lipinski definition) is 7. The fourth-order valence-electron chi connectivity index (χ4n) is 2.83. The highest BCUT2D eigenvalue weighted by Crippen LogP contribution is 2.33. The summed E-state index contributed by atoms with van der Waals surface area (Å²) in [6.07, 6.45) is 0. The fourth-order valence-corrected chi connectivity index (χ4v) is 5.50. The summed E-state index contributed by atoms with van der Waals surface area (Å²) in [5.41, 5.74) is 0.113. The van der Waals surface area contributed by atoms with E-state index in [1.54, 1.807) is 36.4 Å². The number of para-hydroxylation sites is 1. The van der Waals surface area contributed by atoms with E-state index in [4.69, 9.17) is 4.52 Å². The van der Waals surface area contributed by atoms with Crippen molar-refractivity contribution < 1.29 is 18.0 Å². The van der Waals surface area contributed by atoms with Crippen molar-refractivity contribution in [3.63, 3.8) is 0 Å². The Kier molecular flexibility index (Phi) is 4.87. The van der Waals surface area contributed by atoms with Gasteiger partial charge in [-0.2, -0.15) is 11.3 Å². The van der Waals surface area contributed by atoms with Crippen LogP contribution in [0.2, 0.25) is 0 Å². The van der Waals surface area contributed by atoms with Gasteiger partial charge in [-0.15, -0.1) is 11.3 Å². The first-order valence-electron chi connectivity index (χ1n) is 8.08. The number of nitrogens with one attached hydrogen (secondary N) is 1. The molecule has 4 aromatic rings. The average Bonchev–Trinajstić information content (AvgIpc) is 3.41. The number of rotatable bonds is 7. The van der Waals surface area contributed by atoms with Crippen LogP contribution in [0.3, 0.4) is 0 Å². The molecule has 0 amide bonds. The molecule has 0 radical (unpaired) electrons. The molecule has 9 heteroatoms. The van der Waals surface area contributed by atoms with E-state index in [1.165, 1.54) is 22.7 Å². The molecular formula is C18H16N2O4S3. The molecule has 140 valence electrons. The minimum atomic E-state index is -3.74. The van der Waals surface area contributed by atoms with Gasteiger partial charge in [-0.25, -0.2) is 13.1 Å². The molecule has 0 aliphatic rings. The lowest BCUT2D eigenvalue weighted by atomic mass is 9.95. The third kappa shape index (κ3) is 3.69. The maximum atomic E-state index is 12.6. The smallest absolute Gasteiger partial charge is 0.217 e. The van der Waals surface area contributed by atoms with Crippen LogP contribution in [-0.4, -0.2) is 25.2 Å². The molecule has 1 aromatic carbocycles. The monoisotopic (exact) mass is 420 g/mol. The van der Waals surface area contributed by atoms with Crippen LogP contribution in [0.4, 0.5) is 0 Å². The molecule has 0 spiro atoms. The zero-order valence-electron chi connectivity index (χ0n) is 14.0. The predicted octanol–water partition coefficient (Wildman–Crippen LogP) is 3.31. The van der Waals surface area contributed by atoms with Gasteiger partial charge in [-0.1, -0.05) is 23.4 Å². The molecular weight excluding hydrogens is 404 g/mol. The van der Waals surface area contributed by atoms with Crippen LogP contribution >= 0.6 is 22.7 Å². The Morgan fingerprint density at radius 1 is 1.15 bits per heavy atom. The molecule has 0 saturated carbocycles. The second-order valence-corrected chi connectivity index (χ2v) is 9.59. The topological polar surface area (TPSA) is 92.4 Å². The van der Waals surface area contributed by atoms with Gasteiger partial charge in [0.25, 0.3) is 0 Å². The number of fused-ring (bicyclic) bond motifs is 1. The van der Waals surface area contributed by atoms with Gasteiger partial charge >= 0.3 is 0 Å². The zero-order chi connectivity index (χ0) is 18.9. The lowest BCUT2D eigenvalue weighted by Crippen LogP contribution is -2.41. The molecule has 0 aliphatic heterocycles. The molecule has 2 N–H and O–H groups in total. The second-order valence-electron chi connectivity index (χ2n) is 6.06. The molecule has 1 atom stereocenters. The number of aliphatic hydroxyl groups is 1. The number of aromatic nitrogens is 1. The normalized spacial score (nSPS) is 14.4. The summed E-state index contributed by atoms with van der Waals surface area (Å²) >= 11 is 2.83. The number of benzene rings is 1. The van der Waals surface area contributed by atoms with E-state index in [2.05, 4.69) is 9.88 Å². The van der Waals surface area contributed by atoms with E-state index in [1.807, 2.05) is 22.2 Å². The second kappa shape index (κ2) is 7.17. The Bertz CT molecular complexity index is 1100. The molecule has 1 unspecified atom stereocenters. The lowest BCUT2D eigenvalue weighted by molar-refractivity contribution is 0.0903. The SMILES string of the molecule is O=S(=O)(Cc1noc2ccccc12)NCC(O)(c1ccsc1)c1cccs1. The van der Waals surface area contributed by atoms with Crippen molar-refractivity contribution in [3.05, 3.63) is 74.7 Å². The number of hydrogen-bond donors (Lipinski definition) is 2. The molecule has 27 heavy (non-hydrogen) atoms. The Labute approximate surface area is 164 Å². The molecule has 0 saturated heterocycles. The first kappa shape index (κ1) is 18.3. The molecule has 0 aliphatic carbocycles. The van der Waals surface area contributed by atoms with Gasteiger partial charge in [0, 0.05) is 22.4 Å². The molecule has 4 rings (SSSR count). The zero-order valence-corrected chi connectivity index (χ0v) is 16.5. The molecule has 3 heterocycles. The summed E-state index contributed by atoms with van der Waals surface area (Å²) in [7, 11) is -3.74. The third-order valence-corrected chi connectivity index (χ3v) is 7.20. The summed E-state index contributed by atoms with van der Waals surface area (Å²) in [5.74, 6) is -0.325. The van der Waals surface area contributed by atoms with Crippen molar-refractivity contribution in [1.29, 1.82) is 0 Å². The average molecular weight is 421 g/mol. The van der Waals surface area contributed by atoms with Crippen LogP contribution in [0.5, 0.6) is 0 Å². The van der Waals surface area contributed by atoms with Crippen molar-refractivity contribution in [1.82, 2.24) is 9.88 Å². The number of nitrogens with zero attached hydrogens (tertiary/aromatic N) is 1. The lowest BCUT2D eigenvalue weighted by Gasteiger charge is -2.26. The standard InChI is InChI=1S/C18H16N2O4S3/c21-18(13-7-9-25-10-13,17-6-3-8-26-17)12-19-27(22,23)11-15-14-4-1-2-5-16(14)24-20-15/h1-10,19,21H,11-12H2. The summed E-state index contributed by atoms with van der Waals surface area (Å²) < 4.78 is 33.0. The van der Waals surface area contributed by atoms with Gasteiger partial charge in [0.2, 0.25) is 10.0 Å². The molecule has 0 bridgehead atoms. The van der Waals surface area contributed by atoms with Crippen molar-refractivity contribution in [2.75, 3.05) is 6.54 Å². The summed E-state index contributed by atoms with van der Waals surface area (Å²) in [6.45, 7) is -0.164. The van der Waals surface area contributed by atoms with E-state index in [0.717, 1.165) is 0 Å². The van der Waals surface area contributed by atoms with Gasteiger partial charge in [0.1, 0.15) is 17.0 Å². The Hall–Kier alpha value is -2.04. The third-order valence-electron chi connectivity index (χ3n) is 4.25. The fraction of sp³-hybridized carbons (Fsp3) is 0.167. The van der Waals surface area contributed by atoms with E-state index < -0.39 is 15.6 Å². The largest absolute Gasteiger partial charge is 0.378 e. The van der Waals surface area contributed by atoms with Crippen molar-refractivity contribution in [3.8, 4) is 0 Å². The van der Waals surface area contributed by atoms with Gasteiger partial charge < -0.3 is 9.63 Å². The Morgan fingerprint density at radius 2 is 2.00 bits per heavy atom. The minimum Gasteiger partial charge on any atom is -0.378 e. The van der Waals surface area contributed by atoms with E-state index >= 15 is 0 Å². The van der Waals surface area contributed by atoms with Crippen molar-refractivity contribution in [2.45, 2.75) is 11.4 Å². The molecule has 0 fully saturated rings. The van der Waals surface area contributed by atoms with Crippen LogP contribution < -0.4 is 4.72 Å². The van der Waals surface area contributed by atoms with Crippen LogP contribution in [0.1, 0.15) is 16.1 Å². The predicted molar refractivity (Wildman–Crippen MR) is 106 cm³/mol. The highest BCUT2D eigenvalue weighted by molar-refractivity contribution is 7.88. The Balaban J connectivity index is 1.57. The maximum absolute atomic E-state index is 12.6. The van der Waals surface area contributed by atoms with Crippen LogP contribution in [0.25, 0.3) is 11.0 Å². The van der Waals surface area contributed by atoms with Crippen LogP contribution in [0, 0.1) is 0 Å². The van der Waals surface area contributed by atoms with Gasteiger partial charge in [0.15, 0.2) is 5.58 Å². The number of sulfonamides is 1. The summed E-state index contributed by atoms with van der Waals surface area (Å²) in [6, 6.07) is 12.5. The number of thiophene rings is 2. The summed E-state index contributed by atoms with van der Waals surface area (Å²) in [4.78, 5) is 0.676. The van der Waals surface area contributed by atoms with Crippen molar-refractivity contribution >= 4 is 43.7 Å². The van der Waals surface area contributed by atoms with E-state index in [0.29, 0.717) is 27.1 Å². The minimum absolute atomic E-state index is 0.164. The van der Waals surface area contributed by atoms with Crippen molar-refractivity contribution in [2.24, 2.45) is 0 Å². The van der Waals surface area contributed by atoms with Gasteiger partial charge in [-0.05, 0) is 40.4 Å². The van der Waals surface area contributed by atoms with Crippen LogP contribution in [-0.2, 0) is 21.4 Å². The highest BCUT2D eigenvalue weighted by Gasteiger charge is 2.34.